The minimum Gasteiger partial charge on any atom is -0.503 e. The lowest BCUT2D eigenvalue weighted by Gasteiger charge is -1.90. The fourth-order valence-electron chi connectivity index (χ4n) is 1.27. The van der Waals surface area contributed by atoms with Crippen LogP contribution in [0, 0.1) is 18.3 Å². The van der Waals surface area contributed by atoms with Gasteiger partial charge < -0.3 is 9.52 Å². The summed E-state index contributed by atoms with van der Waals surface area (Å²) in [6.45, 7) is 1.91. The predicted molar refractivity (Wildman–Crippen MR) is 47.3 cm³/mol. The molecular formula is C10H7NO2. The standard InChI is InChI=1S/C10H7NO2/c1-6-2-3-8-7(4-6)10(12)9(5-11)13-8/h2-4,12H,1H3. The van der Waals surface area contributed by atoms with Crippen molar-refractivity contribution < 1.29 is 9.52 Å². The SMILES string of the molecule is Cc1ccc2oc(C#N)c(O)c2c1. The van der Waals surface area contributed by atoms with Crippen molar-refractivity contribution in [1.82, 2.24) is 0 Å². The molecule has 1 N–H and O–H groups in total. The molecule has 0 saturated heterocycles. The molecule has 0 aliphatic rings. The van der Waals surface area contributed by atoms with Crippen molar-refractivity contribution in [2.24, 2.45) is 0 Å². The first-order valence-corrected chi connectivity index (χ1v) is 3.84. The Morgan fingerprint density at radius 2 is 2.23 bits per heavy atom. The molecular weight excluding hydrogens is 166 g/mol. The number of nitrogens with zero attached hydrogens (tertiary/aromatic N) is 1. The first-order chi connectivity index (χ1) is 6.22. The maximum Gasteiger partial charge on any atom is 0.246 e. The fraction of sp³-hybridized carbons (Fsp3) is 0.100. The lowest BCUT2D eigenvalue weighted by molar-refractivity contribution is 0.459. The first-order valence-electron chi connectivity index (χ1n) is 3.84. The highest BCUT2D eigenvalue weighted by atomic mass is 16.4. The van der Waals surface area contributed by atoms with E-state index in [4.69, 9.17) is 9.68 Å². The number of benzene rings is 1. The van der Waals surface area contributed by atoms with Crippen LogP contribution in [-0.2, 0) is 0 Å². The van der Waals surface area contributed by atoms with Crippen molar-refractivity contribution in [3.05, 3.63) is 29.5 Å². The highest BCUT2D eigenvalue weighted by molar-refractivity contribution is 5.86. The molecule has 2 aromatic rings. The number of rotatable bonds is 0. The second-order valence-corrected chi connectivity index (χ2v) is 2.89. The van der Waals surface area contributed by atoms with E-state index in [2.05, 4.69) is 0 Å². The van der Waals surface area contributed by atoms with Crippen LogP contribution in [0.3, 0.4) is 0 Å². The summed E-state index contributed by atoms with van der Waals surface area (Å²) in [5.41, 5.74) is 1.56. The Morgan fingerprint density at radius 1 is 1.46 bits per heavy atom. The molecule has 0 spiro atoms. The average molecular weight is 173 g/mol. The number of nitriles is 1. The minimum atomic E-state index is -0.0683. The number of hydrogen-bond acceptors (Lipinski definition) is 3. The summed E-state index contributed by atoms with van der Waals surface area (Å²) >= 11 is 0. The van der Waals surface area contributed by atoms with Crippen molar-refractivity contribution >= 4 is 11.0 Å². The number of hydrogen-bond donors (Lipinski definition) is 1. The normalized spacial score (nSPS) is 10.2. The monoisotopic (exact) mass is 173 g/mol. The van der Waals surface area contributed by atoms with Crippen molar-refractivity contribution in [1.29, 1.82) is 5.26 Å². The van der Waals surface area contributed by atoms with E-state index in [1.54, 1.807) is 18.2 Å². The molecule has 0 bridgehead atoms. The summed E-state index contributed by atoms with van der Waals surface area (Å²) in [4.78, 5) is 0. The zero-order valence-corrected chi connectivity index (χ0v) is 7.03. The largest absolute Gasteiger partial charge is 0.503 e. The summed E-state index contributed by atoms with van der Waals surface area (Å²) < 4.78 is 5.09. The van der Waals surface area contributed by atoms with Crippen LogP contribution >= 0.6 is 0 Å². The lowest BCUT2D eigenvalue weighted by atomic mass is 10.2. The van der Waals surface area contributed by atoms with E-state index in [-0.39, 0.29) is 11.5 Å². The molecule has 3 nitrogen and oxygen atoms in total. The van der Waals surface area contributed by atoms with Crippen LogP contribution < -0.4 is 0 Å². The molecule has 64 valence electrons. The summed E-state index contributed by atoms with van der Waals surface area (Å²) in [5, 5.41) is 18.7. The molecule has 0 amide bonds. The Hall–Kier alpha value is -1.95. The van der Waals surface area contributed by atoms with Crippen LogP contribution in [-0.4, -0.2) is 5.11 Å². The highest BCUT2D eigenvalue weighted by Gasteiger charge is 2.11. The molecule has 1 aromatic carbocycles. The highest BCUT2D eigenvalue weighted by Crippen LogP contribution is 2.31. The molecule has 1 aromatic heterocycles. The van der Waals surface area contributed by atoms with Crippen LogP contribution in [0.2, 0.25) is 0 Å². The van der Waals surface area contributed by atoms with Crippen LogP contribution in [0.4, 0.5) is 0 Å². The zero-order chi connectivity index (χ0) is 9.42. The maximum absolute atomic E-state index is 9.50. The Bertz CT molecular complexity index is 505. The number of furan rings is 1. The maximum atomic E-state index is 9.50. The minimum absolute atomic E-state index is 0.0272. The molecule has 0 unspecified atom stereocenters. The Kier molecular flexibility index (Phi) is 1.49. The van der Waals surface area contributed by atoms with Gasteiger partial charge in [0.1, 0.15) is 11.7 Å². The number of aryl methyl sites for hydroxylation is 1. The molecule has 0 saturated carbocycles. The molecule has 0 aliphatic heterocycles. The molecule has 0 fully saturated rings. The molecule has 3 heteroatoms. The van der Waals surface area contributed by atoms with Crippen LogP contribution in [0.1, 0.15) is 11.3 Å². The molecule has 0 radical (unpaired) electrons. The van der Waals surface area contributed by atoms with Gasteiger partial charge in [-0.25, -0.2) is 0 Å². The van der Waals surface area contributed by atoms with E-state index in [0.717, 1.165) is 5.56 Å². The van der Waals surface area contributed by atoms with E-state index < -0.39 is 0 Å². The van der Waals surface area contributed by atoms with Gasteiger partial charge >= 0.3 is 0 Å². The zero-order valence-electron chi connectivity index (χ0n) is 7.03. The predicted octanol–water partition coefficient (Wildman–Crippen LogP) is 2.32. The topological polar surface area (TPSA) is 57.2 Å². The molecule has 0 atom stereocenters. The second-order valence-electron chi connectivity index (χ2n) is 2.89. The third-order valence-corrected chi connectivity index (χ3v) is 1.92. The Labute approximate surface area is 74.8 Å². The third-order valence-electron chi connectivity index (χ3n) is 1.92. The van der Waals surface area contributed by atoms with Crippen LogP contribution in [0.25, 0.3) is 11.0 Å². The molecule has 0 aliphatic carbocycles. The summed E-state index contributed by atoms with van der Waals surface area (Å²) in [6.07, 6.45) is 0. The van der Waals surface area contributed by atoms with Crippen LogP contribution in [0.5, 0.6) is 5.75 Å². The molecule has 1 heterocycles. The van der Waals surface area contributed by atoms with Gasteiger partial charge in [-0.15, -0.1) is 0 Å². The van der Waals surface area contributed by atoms with Crippen molar-refractivity contribution in [2.45, 2.75) is 6.92 Å². The fourth-order valence-corrected chi connectivity index (χ4v) is 1.27. The van der Waals surface area contributed by atoms with Gasteiger partial charge in [0.25, 0.3) is 0 Å². The average Bonchev–Trinajstić information content (AvgIpc) is 2.44. The van der Waals surface area contributed by atoms with Crippen molar-refractivity contribution in [2.75, 3.05) is 0 Å². The van der Waals surface area contributed by atoms with E-state index >= 15 is 0 Å². The lowest BCUT2D eigenvalue weighted by Crippen LogP contribution is -1.69. The van der Waals surface area contributed by atoms with Crippen molar-refractivity contribution in [3.8, 4) is 11.8 Å². The second kappa shape index (κ2) is 2.53. The Morgan fingerprint density at radius 3 is 2.92 bits per heavy atom. The summed E-state index contributed by atoms with van der Waals surface area (Å²) in [6, 6.07) is 7.18. The Balaban J connectivity index is 2.87. The van der Waals surface area contributed by atoms with Crippen molar-refractivity contribution in [3.63, 3.8) is 0 Å². The smallest absolute Gasteiger partial charge is 0.246 e. The van der Waals surface area contributed by atoms with E-state index in [1.165, 1.54) is 0 Å². The summed E-state index contributed by atoms with van der Waals surface area (Å²) in [7, 11) is 0. The van der Waals surface area contributed by atoms with E-state index in [0.29, 0.717) is 11.0 Å². The quantitative estimate of drug-likeness (QED) is 0.665. The van der Waals surface area contributed by atoms with Gasteiger partial charge in [0.2, 0.25) is 5.76 Å². The van der Waals surface area contributed by atoms with Gasteiger partial charge in [-0.2, -0.15) is 5.26 Å². The summed E-state index contributed by atoms with van der Waals surface area (Å²) in [5.74, 6) is -0.0956. The number of aromatic hydroxyl groups is 1. The van der Waals surface area contributed by atoms with Gasteiger partial charge in [0.05, 0.1) is 5.39 Å². The van der Waals surface area contributed by atoms with Gasteiger partial charge in [-0.05, 0) is 19.1 Å². The van der Waals surface area contributed by atoms with Gasteiger partial charge in [-0.1, -0.05) is 11.6 Å². The number of fused-ring (bicyclic) bond motifs is 1. The van der Waals surface area contributed by atoms with E-state index in [9.17, 15) is 5.11 Å². The third kappa shape index (κ3) is 1.04. The van der Waals surface area contributed by atoms with Crippen LogP contribution in [0.15, 0.2) is 22.6 Å². The van der Waals surface area contributed by atoms with Gasteiger partial charge in [0, 0.05) is 0 Å². The van der Waals surface area contributed by atoms with Gasteiger partial charge in [0.15, 0.2) is 5.75 Å². The van der Waals surface area contributed by atoms with E-state index in [1.807, 2.05) is 13.0 Å². The molecule has 13 heavy (non-hydrogen) atoms. The first kappa shape index (κ1) is 7.69. The molecule has 2 rings (SSSR count). The van der Waals surface area contributed by atoms with Gasteiger partial charge in [-0.3, -0.25) is 0 Å².